The van der Waals surface area contributed by atoms with Crippen LogP contribution in [0.4, 0.5) is 0 Å². The largest absolute Gasteiger partial charge is 0.481 e. The summed E-state index contributed by atoms with van der Waals surface area (Å²) in [6.07, 6.45) is 1.20. The number of benzene rings is 1. The lowest BCUT2D eigenvalue weighted by Gasteiger charge is -2.23. The number of hydrogen-bond acceptors (Lipinski definition) is 3. The van der Waals surface area contributed by atoms with Crippen LogP contribution in [0, 0.1) is 11.8 Å². The molecule has 0 radical (unpaired) electrons. The van der Waals surface area contributed by atoms with Gasteiger partial charge in [0.25, 0.3) is 5.91 Å². The number of carboxylic acids is 1. The second-order valence-electron chi connectivity index (χ2n) is 6.27. The molecule has 0 bridgehead atoms. The second kappa shape index (κ2) is 10.0. The number of carbonyl (C=O) groups is 3. The van der Waals surface area contributed by atoms with Crippen LogP contribution in [-0.4, -0.2) is 35.5 Å². The highest BCUT2D eigenvalue weighted by atomic mass is 35.5. The summed E-state index contributed by atoms with van der Waals surface area (Å²) >= 11 is 5.80. The van der Waals surface area contributed by atoms with Crippen LogP contribution in [-0.2, 0) is 9.59 Å². The zero-order valence-electron chi connectivity index (χ0n) is 14.7. The normalized spacial score (nSPS) is 13.2. The highest BCUT2D eigenvalue weighted by molar-refractivity contribution is 6.30. The van der Waals surface area contributed by atoms with Crippen LogP contribution in [0.5, 0.6) is 0 Å². The molecule has 0 aliphatic rings. The van der Waals surface area contributed by atoms with Crippen molar-refractivity contribution in [1.29, 1.82) is 0 Å². The van der Waals surface area contributed by atoms with Crippen molar-refractivity contribution >= 4 is 29.4 Å². The highest BCUT2D eigenvalue weighted by Crippen LogP contribution is 2.11. The molecule has 2 amide bonds. The van der Waals surface area contributed by atoms with E-state index in [4.69, 9.17) is 16.7 Å². The van der Waals surface area contributed by atoms with E-state index in [9.17, 15) is 14.4 Å². The van der Waals surface area contributed by atoms with E-state index in [1.165, 1.54) is 0 Å². The molecule has 0 aromatic heterocycles. The SMILES string of the molecule is CCCC(CNC(=O)C(NC(=O)c1ccc(Cl)cc1)C(C)C)C(=O)O. The Hall–Kier alpha value is -2.08. The summed E-state index contributed by atoms with van der Waals surface area (Å²) in [5.74, 6) is -2.48. The number of amides is 2. The smallest absolute Gasteiger partial charge is 0.308 e. The predicted octanol–water partition coefficient (Wildman–Crippen LogP) is 2.71. The number of carbonyl (C=O) groups excluding carboxylic acids is 2. The Morgan fingerprint density at radius 3 is 2.24 bits per heavy atom. The van der Waals surface area contributed by atoms with E-state index in [0.29, 0.717) is 23.4 Å². The van der Waals surface area contributed by atoms with Crippen LogP contribution in [0.1, 0.15) is 44.0 Å². The Morgan fingerprint density at radius 1 is 1.16 bits per heavy atom. The molecule has 1 aromatic carbocycles. The molecule has 7 heteroatoms. The average molecular weight is 369 g/mol. The molecule has 0 aliphatic carbocycles. The third-order valence-corrected chi connectivity index (χ3v) is 4.10. The van der Waals surface area contributed by atoms with Crippen molar-refractivity contribution in [2.45, 2.75) is 39.7 Å². The first-order valence-corrected chi connectivity index (χ1v) is 8.71. The van der Waals surface area contributed by atoms with Crippen LogP contribution >= 0.6 is 11.6 Å². The topological polar surface area (TPSA) is 95.5 Å². The van der Waals surface area contributed by atoms with Crippen molar-refractivity contribution in [3.8, 4) is 0 Å². The summed E-state index contributed by atoms with van der Waals surface area (Å²) in [7, 11) is 0. The molecule has 2 unspecified atom stereocenters. The van der Waals surface area contributed by atoms with Crippen molar-refractivity contribution in [3.63, 3.8) is 0 Å². The molecule has 6 nitrogen and oxygen atoms in total. The first-order chi connectivity index (χ1) is 11.8. The van der Waals surface area contributed by atoms with E-state index >= 15 is 0 Å². The third-order valence-electron chi connectivity index (χ3n) is 3.85. The van der Waals surface area contributed by atoms with Crippen molar-refractivity contribution < 1.29 is 19.5 Å². The van der Waals surface area contributed by atoms with Crippen LogP contribution in [0.3, 0.4) is 0 Å². The Labute approximate surface area is 152 Å². The minimum atomic E-state index is -0.937. The maximum Gasteiger partial charge on any atom is 0.308 e. The molecule has 0 fully saturated rings. The Bertz CT molecular complexity index is 602. The van der Waals surface area contributed by atoms with Crippen LogP contribution in [0.15, 0.2) is 24.3 Å². The van der Waals surface area contributed by atoms with Gasteiger partial charge >= 0.3 is 5.97 Å². The molecule has 1 rings (SSSR count). The molecule has 0 heterocycles. The zero-order chi connectivity index (χ0) is 19.0. The molecule has 25 heavy (non-hydrogen) atoms. The minimum absolute atomic E-state index is 0.0437. The number of carboxylic acid groups (broad SMARTS) is 1. The van der Waals surface area contributed by atoms with Gasteiger partial charge in [-0.05, 0) is 36.6 Å². The summed E-state index contributed by atoms with van der Waals surface area (Å²) in [6, 6.07) is 5.61. The van der Waals surface area contributed by atoms with Gasteiger partial charge in [-0.15, -0.1) is 0 Å². The highest BCUT2D eigenvalue weighted by Gasteiger charge is 2.26. The van der Waals surface area contributed by atoms with Crippen molar-refractivity contribution in [3.05, 3.63) is 34.9 Å². The van der Waals surface area contributed by atoms with Gasteiger partial charge in [-0.1, -0.05) is 38.8 Å². The molecule has 0 spiro atoms. The van der Waals surface area contributed by atoms with Gasteiger partial charge in [0.2, 0.25) is 5.91 Å². The second-order valence-corrected chi connectivity index (χ2v) is 6.71. The van der Waals surface area contributed by atoms with Gasteiger partial charge in [0.05, 0.1) is 5.92 Å². The molecule has 0 saturated heterocycles. The molecule has 0 saturated carbocycles. The van der Waals surface area contributed by atoms with Gasteiger partial charge in [-0.3, -0.25) is 14.4 Å². The fourth-order valence-electron chi connectivity index (χ4n) is 2.36. The number of halogens is 1. The van der Waals surface area contributed by atoms with Crippen molar-refractivity contribution in [2.24, 2.45) is 11.8 Å². The van der Waals surface area contributed by atoms with E-state index in [1.54, 1.807) is 24.3 Å². The van der Waals surface area contributed by atoms with Crippen LogP contribution in [0.25, 0.3) is 0 Å². The lowest BCUT2D eigenvalue weighted by atomic mass is 10.0. The van der Waals surface area contributed by atoms with E-state index < -0.39 is 17.9 Å². The van der Waals surface area contributed by atoms with Gasteiger partial charge in [-0.2, -0.15) is 0 Å². The first kappa shape index (κ1) is 21.0. The summed E-state index contributed by atoms with van der Waals surface area (Å²) in [5.41, 5.74) is 0.400. The molecular formula is C18H25ClN2O4. The van der Waals surface area contributed by atoms with Gasteiger partial charge in [0.15, 0.2) is 0 Å². The van der Waals surface area contributed by atoms with Gasteiger partial charge in [0, 0.05) is 17.1 Å². The van der Waals surface area contributed by atoms with Gasteiger partial charge < -0.3 is 15.7 Å². The lowest BCUT2D eigenvalue weighted by molar-refractivity contribution is -0.142. The van der Waals surface area contributed by atoms with E-state index in [-0.39, 0.29) is 24.3 Å². The zero-order valence-corrected chi connectivity index (χ0v) is 15.5. The number of rotatable bonds is 9. The van der Waals surface area contributed by atoms with Crippen LogP contribution < -0.4 is 10.6 Å². The Kier molecular flexibility index (Phi) is 8.41. The number of hydrogen-bond donors (Lipinski definition) is 3. The summed E-state index contributed by atoms with van der Waals surface area (Å²) in [6.45, 7) is 5.56. The minimum Gasteiger partial charge on any atom is -0.481 e. The Balaban J connectivity index is 2.71. The first-order valence-electron chi connectivity index (χ1n) is 8.33. The van der Waals surface area contributed by atoms with Crippen LogP contribution in [0.2, 0.25) is 5.02 Å². The molecule has 3 N–H and O–H groups in total. The van der Waals surface area contributed by atoms with E-state index in [2.05, 4.69) is 10.6 Å². The van der Waals surface area contributed by atoms with Crippen molar-refractivity contribution in [2.75, 3.05) is 6.54 Å². The fraction of sp³-hybridized carbons (Fsp3) is 0.500. The summed E-state index contributed by atoms with van der Waals surface area (Å²) in [4.78, 5) is 35.9. The summed E-state index contributed by atoms with van der Waals surface area (Å²) in [5, 5.41) is 15.0. The predicted molar refractivity (Wildman–Crippen MR) is 96.6 cm³/mol. The molecule has 138 valence electrons. The number of aliphatic carboxylic acids is 1. The van der Waals surface area contributed by atoms with E-state index in [0.717, 1.165) is 0 Å². The standard InChI is InChI=1S/C18H25ClN2O4/c1-4-5-13(18(24)25)10-20-17(23)15(11(2)3)21-16(22)12-6-8-14(19)9-7-12/h6-9,11,13,15H,4-5,10H2,1-3H3,(H,20,23)(H,21,22)(H,24,25). The molecular weight excluding hydrogens is 344 g/mol. The molecule has 0 aliphatic heterocycles. The maximum absolute atomic E-state index is 12.4. The van der Waals surface area contributed by atoms with Crippen molar-refractivity contribution in [1.82, 2.24) is 10.6 Å². The molecule has 2 atom stereocenters. The maximum atomic E-state index is 12.4. The monoisotopic (exact) mass is 368 g/mol. The lowest BCUT2D eigenvalue weighted by Crippen LogP contribution is -2.50. The molecule has 1 aromatic rings. The van der Waals surface area contributed by atoms with Gasteiger partial charge in [-0.25, -0.2) is 0 Å². The third kappa shape index (κ3) is 6.74. The summed E-state index contributed by atoms with van der Waals surface area (Å²) < 4.78 is 0. The quantitative estimate of drug-likeness (QED) is 0.624. The van der Waals surface area contributed by atoms with E-state index in [1.807, 2.05) is 20.8 Å². The Morgan fingerprint density at radius 2 is 1.76 bits per heavy atom. The average Bonchev–Trinajstić information content (AvgIpc) is 2.55. The van der Waals surface area contributed by atoms with Gasteiger partial charge in [0.1, 0.15) is 6.04 Å². The fourth-order valence-corrected chi connectivity index (χ4v) is 2.48. The number of nitrogens with one attached hydrogen (secondary N) is 2.